The first-order valence-corrected chi connectivity index (χ1v) is 7.36. The summed E-state index contributed by atoms with van der Waals surface area (Å²) in [5.41, 5.74) is 0. The highest BCUT2D eigenvalue weighted by Crippen LogP contribution is 2.10. The average molecular weight is 317 g/mol. The van der Waals surface area contributed by atoms with E-state index in [1.54, 1.807) is 0 Å². The zero-order valence-corrected chi connectivity index (χ0v) is 15.3. The fraction of sp³-hybridized carbons (Fsp3) is 1.00. The summed E-state index contributed by atoms with van der Waals surface area (Å²) >= 11 is 0. The van der Waals surface area contributed by atoms with Crippen molar-refractivity contribution in [3.63, 3.8) is 0 Å². The van der Waals surface area contributed by atoms with E-state index in [-0.39, 0.29) is 31.0 Å². The normalized spacial score (nSPS) is 10.1. The maximum absolute atomic E-state index is 2.29. The van der Waals surface area contributed by atoms with Crippen molar-refractivity contribution in [2.75, 3.05) is 27.7 Å². The van der Waals surface area contributed by atoms with E-state index in [2.05, 4.69) is 28.1 Å². The Morgan fingerprint density at radius 3 is 1.26 bits per heavy atom. The summed E-state index contributed by atoms with van der Waals surface area (Å²) < 4.78 is 1.12. The number of nitrogens with zero attached hydrogens (tertiary/aromatic N) is 1. The molecule has 0 aromatic carbocycles. The van der Waals surface area contributed by atoms with Crippen LogP contribution in [0.15, 0.2) is 0 Å². The molecule has 2 nitrogen and oxygen atoms in total. The van der Waals surface area contributed by atoms with Gasteiger partial charge >= 0.3 is 0 Å². The monoisotopic (exact) mass is 316 g/mol. The van der Waals surface area contributed by atoms with Crippen LogP contribution in [-0.2, 0) is 0 Å². The topological polar surface area (TPSA) is 35.0 Å². The Morgan fingerprint density at radius 1 is 0.632 bits per heavy atom. The minimum atomic E-state index is 0. The van der Waals surface area contributed by atoms with Crippen LogP contribution in [0.5, 0.6) is 0 Å². The molecule has 0 aromatic heterocycles. The van der Waals surface area contributed by atoms with Gasteiger partial charge < -0.3 is 23.0 Å². The smallest absolute Gasteiger partial charge is 0.0780 e. The molecule has 0 heterocycles. The summed E-state index contributed by atoms with van der Waals surface area (Å²) in [5.74, 6) is 0. The quantitative estimate of drug-likeness (QED) is 0.460. The molecule has 4 heteroatoms. The summed E-state index contributed by atoms with van der Waals surface area (Å²) in [5, 5.41) is 0. The first-order chi connectivity index (χ1) is 7.56. The molecule has 3 N–H and O–H groups in total. The van der Waals surface area contributed by atoms with Crippen molar-refractivity contribution in [1.82, 2.24) is 6.15 Å². The highest BCUT2D eigenvalue weighted by molar-refractivity contribution is 5.85. The van der Waals surface area contributed by atoms with E-state index in [0.29, 0.717) is 0 Å². The largest absolute Gasteiger partial charge is 1.00 e. The van der Waals surface area contributed by atoms with E-state index in [4.69, 9.17) is 0 Å². The first-order valence-electron chi connectivity index (χ1n) is 7.36. The van der Waals surface area contributed by atoms with Crippen LogP contribution in [-0.4, -0.2) is 32.2 Å². The van der Waals surface area contributed by atoms with Gasteiger partial charge in [-0.2, -0.15) is 0 Å². The average Bonchev–Trinajstić information content (AvgIpc) is 2.19. The van der Waals surface area contributed by atoms with Crippen LogP contribution in [0.1, 0.15) is 71.1 Å². The molecule has 0 aliphatic heterocycles. The Balaban J connectivity index is -0.000000375. The number of rotatable bonds is 11. The molecule has 0 aromatic rings. The van der Waals surface area contributed by atoms with Crippen molar-refractivity contribution in [2.45, 2.75) is 71.1 Å². The van der Waals surface area contributed by atoms with Crippen molar-refractivity contribution in [3.8, 4) is 0 Å². The summed E-state index contributed by atoms with van der Waals surface area (Å²) in [7, 11) is 6.86. The molecular formula is C15H38Cl2N2. The molecule has 0 fully saturated rings. The molecule has 0 radical (unpaired) electrons. The van der Waals surface area contributed by atoms with Gasteiger partial charge in [-0.25, -0.2) is 0 Å². The van der Waals surface area contributed by atoms with Crippen molar-refractivity contribution >= 4 is 12.4 Å². The van der Waals surface area contributed by atoms with E-state index in [1.165, 1.54) is 70.8 Å². The molecule has 0 bridgehead atoms. The Bertz CT molecular complexity index is 148. The number of quaternary nitrogens is 1. The number of halogens is 2. The summed E-state index contributed by atoms with van der Waals surface area (Å²) in [6.45, 7) is 3.62. The summed E-state index contributed by atoms with van der Waals surface area (Å²) in [6, 6.07) is 0. The molecule has 0 unspecified atom stereocenters. The Morgan fingerprint density at radius 2 is 0.947 bits per heavy atom. The number of hydrogen-bond donors (Lipinski definition) is 1. The second kappa shape index (κ2) is 18.5. The van der Waals surface area contributed by atoms with Gasteiger partial charge in [0.2, 0.25) is 0 Å². The molecule has 0 spiro atoms. The van der Waals surface area contributed by atoms with Crippen LogP contribution in [0.25, 0.3) is 0 Å². The van der Waals surface area contributed by atoms with Gasteiger partial charge in [0, 0.05) is 0 Å². The molecule has 0 saturated carbocycles. The Labute approximate surface area is 134 Å². The third-order valence-electron chi connectivity index (χ3n) is 3.18. The van der Waals surface area contributed by atoms with Crippen molar-refractivity contribution in [3.05, 3.63) is 0 Å². The minimum Gasteiger partial charge on any atom is -1.00 e. The van der Waals surface area contributed by atoms with Crippen molar-refractivity contribution in [1.29, 1.82) is 0 Å². The van der Waals surface area contributed by atoms with Gasteiger partial charge in [0.05, 0.1) is 27.7 Å². The predicted molar refractivity (Wildman–Crippen MR) is 87.0 cm³/mol. The third-order valence-corrected chi connectivity index (χ3v) is 3.18. The standard InChI is InChI=1S/C15H34N.2ClH.H3N/c1-5-6-7-8-9-10-11-12-13-14-15-16(2,3)4;;;/h5-15H2,1-4H3;2*1H;1H3/q+1;;;/p-1. The number of unbranched alkanes of at least 4 members (excludes halogenated alkanes) is 9. The lowest BCUT2D eigenvalue weighted by Crippen LogP contribution is -3.00. The van der Waals surface area contributed by atoms with Crippen LogP contribution in [0.2, 0.25) is 0 Å². The second-order valence-corrected chi connectivity index (χ2v) is 6.20. The zero-order valence-electron chi connectivity index (χ0n) is 13.7. The fourth-order valence-corrected chi connectivity index (χ4v) is 2.07. The molecule has 0 rings (SSSR count). The molecular weight excluding hydrogens is 279 g/mol. The Hall–Kier alpha value is 0.500. The van der Waals surface area contributed by atoms with Crippen LogP contribution in [0.4, 0.5) is 0 Å². The first kappa shape index (κ1) is 27.8. The van der Waals surface area contributed by atoms with E-state index < -0.39 is 0 Å². The van der Waals surface area contributed by atoms with Gasteiger partial charge in [-0.15, -0.1) is 12.4 Å². The summed E-state index contributed by atoms with van der Waals surface area (Å²) in [4.78, 5) is 0. The van der Waals surface area contributed by atoms with Crippen LogP contribution in [0, 0.1) is 0 Å². The predicted octanol–water partition coefficient (Wildman–Crippen LogP) is 2.20. The molecule has 0 aliphatic carbocycles. The Kier molecular flexibility index (Phi) is 27.0. The number of hydrogen-bond acceptors (Lipinski definition) is 1. The van der Waals surface area contributed by atoms with E-state index in [9.17, 15) is 0 Å². The minimum absolute atomic E-state index is 0. The highest BCUT2D eigenvalue weighted by atomic mass is 35.5. The van der Waals surface area contributed by atoms with Gasteiger partial charge in [0.25, 0.3) is 0 Å². The molecule has 0 atom stereocenters. The molecule has 122 valence electrons. The maximum Gasteiger partial charge on any atom is 0.0780 e. The van der Waals surface area contributed by atoms with E-state index in [0.717, 1.165) is 4.48 Å². The van der Waals surface area contributed by atoms with Crippen molar-refractivity contribution < 1.29 is 16.9 Å². The van der Waals surface area contributed by atoms with Gasteiger partial charge in [0.15, 0.2) is 0 Å². The van der Waals surface area contributed by atoms with Crippen LogP contribution in [0.3, 0.4) is 0 Å². The summed E-state index contributed by atoms with van der Waals surface area (Å²) in [6.07, 6.45) is 14.4. The molecule has 0 saturated heterocycles. The third kappa shape index (κ3) is 27.6. The lowest BCUT2D eigenvalue weighted by Gasteiger charge is -2.23. The SMILES string of the molecule is CCCCCCCCCCCC[N+](C)(C)C.Cl.N.[Cl-]. The van der Waals surface area contributed by atoms with Gasteiger partial charge in [-0.1, -0.05) is 58.3 Å². The molecule has 19 heavy (non-hydrogen) atoms. The second-order valence-electron chi connectivity index (χ2n) is 6.20. The maximum atomic E-state index is 2.29. The molecule has 0 aliphatic rings. The highest BCUT2D eigenvalue weighted by Gasteiger charge is 2.04. The van der Waals surface area contributed by atoms with Gasteiger partial charge in [-0.3, -0.25) is 0 Å². The lowest BCUT2D eigenvalue weighted by atomic mass is 10.1. The van der Waals surface area contributed by atoms with E-state index in [1.807, 2.05) is 0 Å². The van der Waals surface area contributed by atoms with E-state index >= 15 is 0 Å². The van der Waals surface area contributed by atoms with Crippen LogP contribution >= 0.6 is 12.4 Å². The van der Waals surface area contributed by atoms with Crippen LogP contribution < -0.4 is 18.6 Å². The van der Waals surface area contributed by atoms with Gasteiger partial charge in [-0.05, 0) is 12.8 Å². The van der Waals surface area contributed by atoms with Crippen molar-refractivity contribution in [2.24, 2.45) is 0 Å². The van der Waals surface area contributed by atoms with Gasteiger partial charge in [0.1, 0.15) is 0 Å². The fourth-order valence-electron chi connectivity index (χ4n) is 2.07. The lowest BCUT2D eigenvalue weighted by molar-refractivity contribution is -0.870. The zero-order chi connectivity index (χ0) is 12.3. The molecule has 0 amide bonds.